The minimum Gasteiger partial charge on any atom is -0.343 e. The van der Waals surface area contributed by atoms with E-state index in [0.717, 1.165) is 31.5 Å². The average molecular weight is 340 g/mol. The van der Waals surface area contributed by atoms with Crippen molar-refractivity contribution in [1.82, 2.24) is 10.2 Å². The molecule has 0 bridgehead atoms. The Morgan fingerprint density at radius 2 is 1.78 bits per heavy atom. The molecule has 0 saturated carbocycles. The van der Waals surface area contributed by atoms with Gasteiger partial charge in [0.15, 0.2) is 0 Å². The van der Waals surface area contributed by atoms with Crippen molar-refractivity contribution in [3.63, 3.8) is 0 Å². The van der Waals surface area contributed by atoms with Gasteiger partial charge in [-0.15, -0.1) is 12.4 Å². The molecule has 23 heavy (non-hydrogen) atoms. The maximum atomic E-state index is 12.3. The van der Waals surface area contributed by atoms with Crippen LogP contribution < -0.4 is 11.1 Å². The molecule has 6 heteroatoms. The van der Waals surface area contributed by atoms with Crippen molar-refractivity contribution < 1.29 is 9.59 Å². The van der Waals surface area contributed by atoms with Gasteiger partial charge in [-0.2, -0.15) is 0 Å². The van der Waals surface area contributed by atoms with Crippen LogP contribution in [0.1, 0.15) is 31.7 Å². The molecular formula is C17H26ClN3O2. The van der Waals surface area contributed by atoms with Crippen molar-refractivity contribution in [2.45, 2.75) is 44.7 Å². The molecule has 0 radical (unpaired) electrons. The van der Waals surface area contributed by atoms with Crippen LogP contribution >= 0.6 is 12.4 Å². The predicted octanol–water partition coefficient (Wildman–Crippen LogP) is 1.50. The quantitative estimate of drug-likeness (QED) is 0.853. The van der Waals surface area contributed by atoms with E-state index in [1.54, 1.807) is 6.92 Å². The SMILES string of the molecule is CC(NC(=O)C(N)Cc1ccccc1)C(=O)N1CCCCC1.Cl. The number of nitrogens with one attached hydrogen (secondary N) is 1. The second kappa shape index (κ2) is 9.53. The maximum Gasteiger partial charge on any atom is 0.244 e. The summed E-state index contributed by atoms with van der Waals surface area (Å²) in [5.41, 5.74) is 6.95. The summed E-state index contributed by atoms with van der Waals surface area (Å²) in [6.07, 6.45) is 3.73. The number of nitrogens with two attached hydrogens (primary N) is 1. The van der Waals surface area contributed by atoms with E-state index in [1.165, 1.54) is 6.42 Å². The highest BCUT2D eigenvalue weighted by atomic mass is 35.5. The van der Waals surface area contributed by atoms with Crippen LogP contribution in [0, 0.1) is 0 Å². The molecule has 0 aromatic heterocycles. The lowest BCUT2D eigenvalue weighted by atomic mass is 10.1. The summed E-state index contributed by atoms with van der Waals surface area (Å²) < 4.78 is 0. The summed E-state index contributed by atoms with van der Waals surface area (Å²) in [7, 11) is 0. The van der Waals surface area contributed by atoms with Crippen molar-refractivity contribution in [3.05, 3.63) is 35.9 Å². The zero-order valence-electron chi connectivity index (χ0n) is 13.5. The molecular weight excluding hydrogens is 314 g/mol. The average Bonchev–Trinajstić information content (AvgIpc) is 2.55. The van der Waals surface area contributed by atoms with Gasteiger partial charge in [-0.1, -0.05) is 30.3 Å². The Morgan fingerprint density at radius 3 is 2.39 bits per heavy atom. The first-order valence-electron chi connectivity index (χ1n) is 7.96. The zero-order chi connectivity index (χ0) is 15.9. The molecule has 0 spiro atoms. The van der Waals surface area contributed by atoms with Gasteiger partial charge in [0.05, 0.1) is 6.04 Å². The Morgan fingerprint density at radius 1 is 1.17 bits per heavy atom. The molecule has 2 atom stereocenters. The molecule has 1 aromatic rings. The summed E-state index contributed by atoms with van der Waals surface area (Å²) >= 11 is 0. The highest BCUT2D eigenvalue weighted by Gasteiger charge is 2.25. The van der Waals surface area contributed by atoms with Gasteiger partial charge in [0.1, 0.15) is 6.04 Å². The van der Waals surface area contributed by atoms with E-state index >= 15 is 0 Å². The maximum absolute atomic E-state index is 12.3. The number of amides is 2. The van der Waals surface area contributed by atoms with Gasteiger partial charge < -0.3 is 16.0 Å². The third-order valence-corrected chi connectivity index (χ3v) is 4.03. The van der Waals surface area contributed by atoms with Gasteiger partial charge in [0.25, 0.3) is 0 Å². The first-order chi connectivity index (χ1) is 10.6. The van der Waals surface area contributed by atoms with Crippen molar-refractivity contribution in [2.24, 2.45) is 5.73 Å². The highest BCUT2D eigenvalue weighted by molar-refractivity contribution is 5.89. The molecule has 2 unspecified atom stereocenters. The number of likely N-dealkylation sites (tertiary alicyclic amines) is 1. The molecule has 3 N–H and O–H groups in total. The van der Waals surface area contributed by atoms with Crippen LogP contribution in [0.25, 0.3) is 0 Å². The fraction of sp³-hybridized carbons (Fsp3) is 0.529. The van der Waals surface area contributed by atoms with Crippen LogP contribution in [0.2, 0.25) is 0 Å². The minimum absolute atomic E-state index is 0. The molecule has 2 rings (SSSR count). The fourth-order valence-electron chi connectivity index (χ4n) is 2.73. The normalized spacial score (nSPS) is 16.9. The standard InChI is InChI=1S/C17H25N3O2.ClH/c1-13(17(22)20-10-6-3-7-11-20)19-16(21)15(18)12-14-8-4-2-5-9-14;/h2,4-5,8-9,13,15H,3,6-7,10-12,18H2,1H3,(H,19,21);1H. The molecule has 2 amide bonds. The Balaban J connectivity index is 0.00000264. The smallest absolute Gasteiger partial charge is 0.244 e. The highest BCUT2D eigenvalue weighted by Crippen LogP contribution is 2.10. The Labute approximate surface area is 144 Å². The fourth-order valence-corrected chi connectivity index (χ4v) is 2.73. The van der Waals surface area contributed by atoms with Crippen LogP contribution in [0.15, 0.2) is 30.3 Å². The van der Waals surface area contributed by atoms with Crippen LogP contribution in [-0.2, 0) is 16.0 Å². The Bertz CT molecular complexity index is 504. The van der Waals surface area contributed by atoms with Crippen LogP contribution in [0.3, 0.4) is 0 Å². The minimum atomic E-state index is -0.640. The number of hydrogen-bond acceptors (Lipinski definition) is 3. The Hall–Kier alpha value is -1.59. The van der Waals surface area contributed by atoms with Crippen molar-refractivity contribution >= 4 is 24.2 Å². The van der Waals surface area contributed by atoms with Gasteiger partial charge in [0, 0.05) is 13.1 Å². The number of carbonyl (C=O) groups is 2. The van der Waals surface area contributed by atoms with Crippen LogP contribution in [-0.4, -0.2) is 41.9 Å². The van der Waals surface area contributed by atoms with Gasteiger partial charge in [0.2, 0.25) is 11.8 Å². The second-order valence-corrected chi connectivity index (χ2v) is 5.91. The summed E-state index contributed by atoms with van der Waals surface area (Å²) in [5, 5.41) is 2.74. The number of nitrogens with zero attached hydrogens (tertiary/aromatic N) is 1. The zero-order valence-corrected chi connectivity index (χ0v) is 14.3. The number of halogens is 1. The van der Waals surface area contributed by atoms with Crippen molar-refractivity contribution in [1.29, 1.82) is 0 Å². The van der Waals surface area contributed by atoms with E-state index in [1.807, 2.05) is 35.2 Å². The predicted molar refractivity (Wildman–Crippen MR) is 93.4 cm³/mol. The number of benzene rings is 1. The molecule has 1 aliphatic rings. The van der Waals surface area contributed by atoms with E-state index < -0.39 is 12.1 Å². The van der Waals surface area contributed by atoms with Gasteiger partial charge in [-0.05, 0) is 38.2 Å². The molecule has 1 aliphatic heterocycles. The summed E-state index contributed by atoms with van der Waals surface area (Å²) in [6, 6.07) is 8.48. The van der Waals surface area contributed by atoms with E-state index in [4.69, 9.17) is 5.73 Å². The Kier molecular flexibility index (Phi) is 8.06. The molecule has 5 nitrogen and oxygen atoms in total. The van der Waals surface area contributed by atoms with E-state index in [2.05, 4.69) is 5.32 Å². The number of hydrogen-bond donors (Lipinski definition) is 2. The van der Waals surface area contributed by atoms with E-state index in [-0.39, 0.29) is 24.2 Å². The number of rotatable bonds is 5. The van der Waals surface area contributed by atoms with Crippen LogP contribution in [0.5, 0.6) is 0 Å². The second-order valence-electron chi connectivity index (χ2n) is 5.91. The lowest BCUT2D eigenvalue weighted by Gasteiger charge is -2.29. The molecule has 1 saturated heterocycles. The monoisotopic (exact) mass is 339 g/mol. The van der Waals surface area contributed by atoms with E-state index in [9.17, 15) is 9.59 Å². The summed E-state index contributed by atoms with van der Waals surface area (Å²) in [6.45, 7) is 3.30. The molecule has 1 fully saturated rings. The van der Waals surface area contributed by atoms with E-state index in [0.29, 0.717) is 6.42 Å². The van der Waals surface area contributed by atoms with Gasteiger partial charge >= 0.3 is 0 Å². The molecule has 1 heterocycles. The number of piperidine rings is 1. The molecule has 1 aromatic carbocycles. The van der Waals surface area contributed by atoms with Crippen molar-refractivity contribution in [2.75, 3.05) is 13.1 Å². The molecule has 128 valence electrons. The third-order valence-electron chi connectivity index (χ3n) is 4.03. The topological polar surface area (TPSA) is 75.4 Å². The first kappa shape index (κ1) is 19.5. The lowest BCUT2D eigenvalue weighted by Crippen LogP contribution is -2.52. The summed E-state index contributed by atoms with van der Waals surface area (Å²) in [5.74, 6) is -0.290. The lowest BCUT2D eigenvalue weighted by molar-refractivity contribution is -0.137. The van der Waals surface area contributed by atoms with Crippen LogP contribution in [0.4, 0.5) is 0 Å². The molecule has 0 aliphatic carbocycles. The summed E-state index contributed by atoms with van der Waals surface area (Å²) in [4.78, 5) is 26.3. The first-order valence-corrected chi connectivity index (χ1v) is 7.96. The van der Waals surface area contributed by atoms with Gasteiger partial charge in [-0.25, -0.2) is 0 Å². The van der Waals surface area contributed by atoms with Gasteiger partial charge in [-0.3, -0.25) is 9.59 Å². The number of carbonyl (C=O) groups excluding carboxylic acids is 2. The largest absolute Gasteiger partial charge is 0.343 e. The third kappa shape index (κ3) is 5.84. The van der Waals surface area contributed by atoms with Crippen molar-refractivity contribution in [3.8, 4) is 0 Å².